The van der Waals surface area contributed by atoms with Gasteiger partial charge in [-0.15, -0.1) is 0 Å². The van der Waals surface area contributed by atoms with Gasteiger partial charge in [0.15, 0.2) is 5.82 Å². The van der Waals surface area contributed by atoms with Crippen molar-refractivity contribution in [1.29, 1.82) is 0 Å². The fourth-order valence-corrected chi connectivity index (χ4v) is 9.89. The average molecular weight is 697 g/mol. The quantitative estimate of drug-likeness (QED) is 0.136. The van der Waals surface area contributed by atoms with Gasteiger partial charge in [-0.1, -0.05) is 182 Å². The van der Waals surface area contributed by atoms with Crippen molar-refractivity contribution in [2.45, 2.75) is 5.41 Å². The third kappa shape index (κ3) is 4.14. The van der Waals surface area contributed by atoms with Gasteiger partial charge >= 0.3 is 0 Å². The van der Waals surface area contributed by atoms with E-state index >= 15 is 0 Å². The summed E-state index contributed by atoms with van der Waals surface area (Å²) in [6, 6.07) is 70.8. The molecule has 0 aliphatic heterocycles. The highest BCUT2D eigenvalue weighted by atomic mass is 14.9. The maximum atomic E-state index is 5.51. The van der Waals surface area contributed by atoms with E-state index in [1.807, 2.05) is 0 Å². The van der Waals surface area contributed by atoms with Crippen molar-refractivity contribution < 1.29 is 0 Å². The number of benzene rings is 9. The molecule has 0 radical (unpaired) electrons. The van der Waals surface area contributed by atoms with Gasteiger partial charge in [-0.2, -0.15) is 0 Å². The second-order valence-corrected chi connectivity index (χ2v) is 14.8. The molecule has 1 spiro atoms. The topological polar surface area (TPSA) is 25.8 Å². The summed E-state index contributed by atoms with van der Waals surface area (Å²) in [6.07, 6.45) is 0. The molecular weight excluding hydrogens is 665 g/mol. The maximum Gasteiger partial charge on any atom is 0.160 e. The van der Waals surface area contributed by atoms with E-state index in [4.69, 9.17) is 9.97 Å². The predicted molar refractivity (Wildman–Crippen MR) is 227 cm³/mol. The number of hydrogen-bond donors (Lipinski definition) is 0. The molecule has 2 heteroatoms. The summed E-state index contributed by atoms with van der Waals surface area (Å²) in [5, 5.41) is 7.24. The Hall–Kier alpha value is -7.16. The van der Waals surface area contributed by atoms with Gasteiger partial charge in [0, 0.05) is 16.7 Å². The molecule has 0 unspecified atom stereocenters. The summed E-state index contributed by atoms with van der Waals surface area (Å²) in [5.41, 5.74) is 14.9. The summed E-state index contributed by atoms with van der Waals surface area (Å²) in [7, 11) is 0. The highest BCUT2D eigenvalue weighted by Gasteiger charge is 2.52. The zero-order chi connectivity index (χ0) is 36.1. The van der Waals surface area contributed by atoms with E-state index in [0.29, 0.717) is 5.82 Å². The van der Waals surface area contributed by atoms with E-state index in [-0.39, 0.29) is 0 Å². The Bertz CT molecular complexity index is 3150. The van der Waals surface area contributed by atoms with Gasteiger partial charge < -0.3 is 0 Å². The minimum atomic E-state index is -0.501. The monoisotopic (exact) mass is 696 g/mol. The van der Waals surface area contributed by atoms with Crippen LogP contribution in [0.5, 0.6) is 0 Å². The molecule has 1 heterocycles. The lowest BCUT2D eigenvalue weighted by molar-refractivity contribution is 0.795. The zero-order valence-corrected chi connectivity index (χ0v) is 29.9. The van der Waals surface area contributed by atoms with Gasteiger partial charge in [-0.25, -0.2) is 9.97 Å². The van der Waals surface area contributed by atoms with Crippen LogP contribution in [0.1, 0.15) is 22.3 Å². The molecule has 0 N–H and O–H groups in total. The van der Waals surface area contributed by atoms with Crippen LogP contribution in [-0.2, 0) is 5.41 Å². The van der Waals surface area contributed by atoms with Crippen molar-refractivity contribution in [2.75, 3.05) is 0 Å². The minimum Gasteiger partial charge on any atom is -0.228 e. The van der Waals surface area contributed by atoms with E-state index in [1.165, 1.54) is 76.8 Å². The molecule has 0 saturated carbocycles. The van der Waals surface area contributed by atoms with E-state index in [2.05, 4.69) is 194 Å². The summed E-state index contributed by atoms with van der Waals surface area (Å²) < 4.78 is 0. The van der Waals surface area contributed by atoms with Crippen LogP contribution < -0.4 is 0 Å². The van der Waals surface area contributed by atoms with Crippen LogP contribution >= 0.6 is 0 Å². The molecule has 2 nitrogen and oxygen atoms in total. The van der Waals surface area contributed by atoms with Crippen LogP contribution in [0.15, 0.2) is 194 Å². The predicted octanol–water partition coefficient (Wildman–Crippen LogP) is 13.3. The Morgan fingerprint density at radius 2 is 0.873 bits per heavy atom. The Morgan fingerprint density at radius 1 is 0.327 bits per heavy atom. The molecule has 0 fully saturated rings. The second kappa shape index (κ2) is 11.4. The number of nitrogens with zero attached hydrogens (tertiary/aromatic N) is 2. The first-order valence-electron chi connectivity index (χ1n) is 19.0. The highest BCUT2D eigenvalue weighted by molar-refractivity contribution is 6.20. The average Bonchev–Trinajstić information content (AvgIpc) is 3.73. The molecule has 9 aromatic carbocycles. The smallest absolute Gasteiger partial charge is 0.160 e. The Morgan fingerprint density at radius 3 is 1.60 bits per heavy atom. The number of fused-ring (bicyclic) bond motifs is 14. The fraction of sp³-hybridized carbons (Fsp3) is 0.0189. The number of rotatable bonds is 3. The van der Waals surface area contributed by atoms with Crippen molar-refractivity contribution in [3.8, 4) is 56.2 Å². The van der Waals surface area contributed by atoms with Crippen LogP contribution in [0, 0.1) is 0 Å². The summed E-state index contributed by atoms with van der Waals surface area (Å²) in [6.45, 7) is 0. The molecule has 2 aliphatic carbocycles. The zero-order valence-electron chi connectivity index (χ0n) is 29.9. The SMILES string of the molecule is c1ccc(-c2nc(-c3cccc4c3C3(c5ccccc5-c5ccccc53)c3ccccc3-4)cc(-c3c4ccccc4cc4c3ccc3ccccc34)n2)cc1. The van der Waals surface area contributed by atoms with Crippen molar-refractivity contribution >= 4 is 32.3 Å². The van der Waals surface area contributed by atoms with E-state index < -0.39 is 5.41 Å². The lowest BCUT2D eigenvalue weighted by Gasteiger charge is -2.32. The van der Waals surface area contributed by atoms with Gasteiger partial charge in [-0.05, 0) is 89.0 Å². The van der Waals surface area contributed by atoms with E-state index in [9.17, 15) is 0 Å². The largest absolute Gasteiger partial charge is 0.228 e. The maximum absolute atomic E-state index is 5.51. The van der Waals surface area contributed by atoms with Gasteiger partial charge in [-0.3, -0.25) is 0 Å². The second-order valence-electron chi connectivity index (χ2n) is 14.8. The molecular formula is C53H32N2. The Balaban J connectivity index is 1.21. The minimum absolute atomic E-state index is 0.501. The van der Waals surface area contributed by atoms with Crippen LogP contribution in [0.4, 0.5) is 0 Å². The first kappa shape index (κ1) is 30.3. The first-order chi connectivity index (χ1) is 27.3. The van der Waals surface area contributed by atoms with Gasteiger partial charge in [0.25, 0.3) is 0 Å². The molecule has 1 aromatic heterocycles. The molecule has 10 aromatic rings. The lowest BCUT2D eigenvalue weighted by atomic mass is 9.69. The summed E-state index contributed by atoms with van der Waals surface area (Å²) in [4.78, 5) is 11.0. The van der Waals surface area contributed by atoms with E-state index in [0.717, 1.165) is 28.1 Å². The van der Waals surface area contributed by atoms with Crippen LogP contribution in [0.25, 0.3) is 88.5 Å². The van der Waals surface area contributed by atoms with Gasteiger partial charge in [0.05, 0.1) is 16.8 Å². The number of aromatic nitrogens is 2. The van der Waals surface area contributed by atoms with Crippen molar-refractivity contribution in [3.63, 3.8) is 0 Å². The molecule has 55 heavy (non-hydrogen) atoms. The van der Waals surface area contributed by atoms with Crippen molar-refractivity contribution in [1.82, 2.24) is 9.97 Å². The third-order valence-corrected chi connectivity index (χ3v) is 12.1. The van der Waals surface area contributed by atoms with Gasteiger partial charge in [0.1, 0.15) is 0 Å². The molecule has 254 valence electrons. The first-order valence-corrected chi connectivity index (χ1v) is 19.0. The molecule has 0 atom stereocenters. The van der Waals surface area contributed by atoms with E-state index in [1.54, 1.807) is 0 Å². The molecule has 2 aliphatic rings. The Labute approximate surface area is 319 Å². The van der Waals surface area contributed by atoms with Crippen LogP contribution in [0.2, 0.25) is 0 Å². The molecule has 0 bridgehead atoms. The fourth-order valence-electron chi connectivity index (χ4n) is 9.89. The third-order valence-electron chi connectivity index (χ3n) is 12.1. The molecule has 0 saturated heterocycles. The standard InChI is InChI=1S/C53H32N2/c1-2-16-34(17-3-1)52-54-48(32-49(55-52)50-37-20-7-5-18-35(37)31-44-36-19-6-4-15-33(36)29-30-41(44)50)43-25-14-24-42-40-23-10-13-28-47(40)53(51(42)43)45-26-11-8-21-38(45)39-22-9-12-27-46(39)53/h1-32H. The summed E-state index contributed by atoms with van der Waals surface area (Å²) in [5.74, 6) is 0.712. The number of hydrogen-bond acceptors (Lipinski definition) is 2. The van der Waals surface area contributed by atoms with Crippen LogP contribution in [0.3, 0.4) is 0 Å². The highest BCUT2D eigenvalue weighted by Crippen LogP contribution is 2.64. The molecule has 0 amide bonds. The van der Waals surface area contributed by atoms with Crippen molar-refractivity contribution in [2.24, 2.45) is 0 Å². The lowest BCUT2D eigenvalue weighted by Crippen LogP contribution is -2.26. The summed E-state index contributed by atoms with van der Waals surface area (Å²) >= 11 is 0. The van der Waals surface area contributed by atoms with Crippen LogP contribution in [-0.4, -0.2) is 9.97 Å². The van der Waals surface area contributed by atoms with Gasteiger partial charge in [0.2, 0.25) is 0 Å². The van der Waals surface area contributed by atoms with Crippen molar-refractivity contribution in [3.05, 3.63) is 216 Å². The molecule has 12 rings (SSSR count). The Kier molecular flexibility index (Phi) is 6.29. The normalized spacial score (nSPS) is 13.2.